The minimum Gasteiger partial charge on any atom is -0.321 e. The van der Waals surface area contributed by atoms with E-state index >= 15 is 0 Å². The molecular formula is C27H21N3O. The molecule has 0 aliphatic rings. The molecule has 0 fully saturated rings. The summed E-state index contributed by atoms with van der Waals surface area (Å²) in [6.07, 6.45) is 1.66. The van der Waals surface area contributed by atoms with Crippen LogP contribution < -0.4 is 5.32 Å². The van der Waals surface area contributed by atoms with E-state index in [9.17, 15) is 10.1 Å². The highest BCUT2D eigenvalue weighted by atomic mass is 16.1. The first kappa shape index (κ1) is 19.9. The van der Waals surface area contributed by atoms with Crippen LogP contribution in [0.15, 0.2) is 103 Å². The number of anilines is 1. The van der Waals surface area contributed by atoms with Crippen LogP contribution in [-0.4, -0.2) is 10.5 Å². The molecule has 0 radical (unpaired) electrons. The smallest absolute Gasteiger partial charge is 0.266 e. The molecule has 3 aromatic carbocycles. The Bertz CT molecular complexity index is 1260. The lowest BCUT2D eigenvalue weighted by atomic mass is 10.0. The fourth-order valence-electron chi connectivity index (χ4n) is 3.60. The summed E-state index contributed by atoms with van der Waals surface area (Å²) in [6, 6.07) is 33.2. The van der Waals surface area contributed by atoms with E-state index < -0.39 is 5.91 Å². The first-order valence-electron chi connectivity index (χ1n) is 9.99. The Morgan fingerprint density at radius 2 is 1.48 bits per heavy atom. The van der Waals surface area contributed by atoms with Gasteiger partial charge in [0.25, 0.3) is 5.91 Å². The zero-order valence-electron chi connectivity index (χ0n) is 17.1. The molecule has 1 N–H and O–H groups in total. The Balaban J connectivity index is 1.82. The minimum atomic E-state index is -0.433. The van der Waals surface area contributed by atoms with Crippen LogP contribution in [0.25, 0.3) is 23.0 Å². The molecule has 1 aromatic heterocycles. The number of benzene rings is 3. The Kier molecular flexibility index (Phi) is 5.77. The van der Waals surface area contributed by atoms with Gasteiger partial charge in [-0.2, -0.15) is 5.26 Å². The van der Waals surface area contributed by atoms with Gasteiger partial charge in [-0.15, -0.1) is 0 Å². The fourth-order valence-corrected chi connectivity index (χ4v) is 3.60. The van der Waals surface area contributed by atoms with E-state index in [2.05, 4.69) is 16.0 Å². The number of carbonyl (C=O) groups excluding carboxylic acids is 1. The maximum atomic E-state index is 12.7. The second-order valence-electron chi connectivity index (χ2n) is 7.12. The third-order valence-electron chi connectivity index (χ3n) is 4.97. The third kappa shape index (κ3) is 4.31. The summed E-state index contributed by atoms with van der Waals surface area (Å²) in [4.78, 5) is 12.7. The van der Waals surface area contributed by atoms with E-state index in [0.717, 1.165) is 28.2 Å². The molecule has 0 unspecified atom stereocenters. The Hall–Kier alpha value is -4.36. The molecule has 31 heavy (non-hydrogen) atoms. The summed E-state index contributed by atoms with van der Waals surface area (Å²) >= 11 is 0. The van der Waals surface area contributed by atoms with Crippen molar-refractivity contribution >= 4 is 17.7 Å². The van der Waals surface area contributed by atoms with Gasteiger partial charge in [0, 0.05) is 22.6 Å². The van der Waals surface area contributed by atoms with Gasteiger partial charge in [-0.3, -0.25) is 4.79 Å². The van der Waals surface area contributed by atoms with Crippen molar-refractivity contribution in [3.05, 3.63) is 114 Å². The Labute approximate surface area is 181 Å². The van der Waals surface area contributed by atoms with E-state index in [1.54, 1.807) is 18.2 Å². The molecule has 4 heteroatoms. The highest BCUT2D eigenvalue weighted by Gasteiger charge is 2.17. The van der Waals surface area contributed by atoms with Crippen LogP contribution in [0, 0.1) is 18.3 Å². The summed E-state index contributed by atoms with van der Waals surface area (Å²) in [5.74, 6) is -0.433. The SMILES string of the molecule is Cc1cc(/C=C(/C#N)C(=O)Nc2ccccc2)c(-c2ccccc2)n1-c1ccccc1. The molecule has 4 rings (SSSR count). The number of hydrogen-bond acceptors (Lipinski definition) is 2. The zero-order valence-corrected chi connectivity index (χ0v) is 17.1. The number of nitrogens with zero attached hydrogens (tertiary/aromatic N) is 2. The summed E-state index contributed by atoms with van der Waals surface area (Å²) in [7, 11) is 0. The molecule has 1 amide bonds. The van der Waals surface area contributed by atoms with Crippen LogP contribution in [0.3, 0.4) is 0 Å². The van der Waals surface area contributed by atoms with E-state index in [1.165, 1.54) is 0 Å². The number of nitriles is 1. The lowest BCUT2D eigenvalue weighted by Gasteiger charge is -2.13. The van der Waals surface area contributed by atoms with Crippen molar-refractivity contribution < 1.29 is 4.79 Å². The van der Waals surface area contributed by atoms with Crippen molar-refractivity contribution in [3.8, 4) is 23.0 Å². The molecule has 0 atom stereocenters. The zero-order chi connectivity index (χ0) is 21.6. The number of hydrogen-bond donors (Lipinski definition) is 1. The van der Waals surface area contributed by atoms with Gasteiger partial charge < -0.3 is 9.88 Å². The maximum absolute atomic E-state index is 12.7. The van der Waals surface area contributed by atoms with Gasteiger partial charge in [0.05, 0.1) is 5.69 Å². The first-order chi connectivity index (χ1) is 15.2. The summed E-state index contributed by atoms with van der Waals surface area (Å²) < 4.78 is 2.14. The van der Waals surface area contributed by atoms with Crippen LogP contribution in [-0.2, 0) is 4.79 Å². The van der Waals surface area contributed by atoms with Gasteiger partial charge in [-0.25, -0.2) is 0 Å². The molecule has 0 aliphatic heterocycles. The lowest BCUT2D eigenvalue weighted by molar-refractivity contribution is -0.112. The van der Waals surface area contributed by atoms with Gasteiger partial charge in [-0.1, -0.05) is 66.7 Å². The standard InChI is InChI=1S/C27H21N3O/c1-20-17-22(18-23(19-28)27(31)29-24-13-7-3-8-14-24)26(21-11-5-2-6-12-21)30(20)25-15-9-4-10-16-25/h2-18H,1H3,(H,29,31)/b23-18-. The van der Waals surface area contributed by atoms with Crippen molar-refractivity contribution in [2.75, 3.05) is 5.32 Å². The normalized spacial score (nSPS) is 11.0. The molecule has 0 saturated carbocycles. The number of amides is 1. The second-order valence-corrected chi connectivity index (χ2v) is 7.12. The Morgan fingerprint density at radius 3 is 2.10 bits per heavy atom. The van der Waals surface area contributed by atoms with Crippen LogP contribution in [0.5, 0.6) is 0 Å². The van der Waals surface area contributed by atoms with E-state index in [1.807, 2.05) is 91.9 Å². The van der Waals surface area contributed by atoms with Crippen molar-refractivity contribution in [3.63, 3.8) is 0 Å². The largest absolute Gasteiger partial charge is 0.321 e. The predicted molar refractivity (Wildman–Crippen MR) is 125 cm³/mol. The van der Waals surface area contributed by atoms with Crippen molar-refractivity contribution in [1.29, 1.82) is 5.26 Å². The van der Waals surface area contributed by atoms with Crippen LogP contribution in [0.1, 0.15) is 11.3 Å². The monoisotopic (exact) mass is 403 g/mol. The summed E-state index contributed by atoms with van der Waals surface area (Å²) in [5.41, 5.74) is 5.48. The highest BCUT2D eigenvalue weighted by Crippen LogP contribution is 2.32. The minimum absolute atomic E-state index is 0.0474. The average molecular weight is 403 g/mol. The number of rotatable bonds is 5. The predicted octanol–water partition coefficient (Wildman–Crippen LogP) is 6.00. The molecule has 0 spiro atoms. The molecule has 0 saturated heterocycles. The van der Waals surface area contributed by atoms with E-state index in [0.29, 0.717) is 5.69 Å². The fraction of sp³-hybridized carbons (Fsp3) is 0.0370. The number of nitrogens with one attached hydrogen (secondary N) is 1. The van der Waals surface area contributed by atoms with Gasteiger partial charge in [0.15, 0.2) is 0 Å². The van der Waals surface area contributed by atoms with E-state index in [4.69, 9.17) is 0 Å². The first-order valence-corrected chi connectivity index (χ1v) is 9.99. The van der Waals surface area contributed by atoms with Crippen molar-refractivity contribution in [2.45, 2.75) is 6.92 Å². The van der Waals surface area contributed by atoms with Gasteiger partial charge in [-0.05, 0) is 48.9 Å². The number of para-hydroxylation sites is 2. The maximum Gasteiger partial charge on any atom is 0.266 e. The topological polar surface area (TPSA) is 57.8 Å². The lowest BCUT2D eigenvalue weighted by Crippen LogP contribution is -2.13. The molecule has 4 aromatic rings. The molecule has 150 valence electrons. The quantitative estimate of drug-likeness (QED) is 0.328. The summed E-state index contributed by atoms with van der Waals surface area (Å²) in [5, 5.41) is 12.5. The molecule has 0 bridgehead atoms. The number of aromatic nitrogens is 1. The summed E-state index contributed by atoms with van der Waals surface area (Å²) in [6.45, 7) is 2.02. The molecule has 4 nitrogen and oxygen atoms in total. The van der Waals surface area contributed by atoms with E-state index in [-0.39, 0.29) is 5.57 Å². The van der Waals surface area contributed by atoms with Gasteiger partial charge in [0.1, 0.15) is 11.6 Å². The second kappa shape index (κ2) is 8.98. The third-order valence-corrected chi connectivity index (χ3v) is 4.97. The van der Waals surface area contributed by atoms with Gasteiger partial charge in [0.2, 0.25) is 0 Å². The van der Waals surface area contributed by atoms with Crippen LogP contribution in [0.2, 0.25) is 0 Å². The Morgan fingerprint density at radius 1 is 0.903 bits per heavy atom. The van der Waals surface area contributed by atoms with Crippen molar-refractivity contribution in [1.82, 2.24) is 4.57 Å². The van der Waals surface area contributed by atoms with Crippen molar-refractivity contribution in [2.24, 2.45) is 0 Å². The number of carbonyl (C=O) groups is 1. The number of aryl methyl sites for hydroxylation is 1. The molecule has 0 aliphatic carbocycles. The van der Waals surface area contributed by atoms with Crippen LogP contribution >= 0.6 is 0 Å². The average Bonchev–Trinajstić information content (AvgIpc) is 3.14. The van der Waals surface area contributed by atoms with Gasteiger partial charge >= 0.3 is 0 Å². The molecular weight excluding hydrogens is 382 g/mol. The molecule has 1 heterocycles. The van der Waals surface area contributed by atoms with Crippen LogP contribution in [0.4, 0.5) is 5.69 Å². The highest BCUT2D eigenvalue weighted by molar-refractivity contribution is 6.10.